The summed E-state index contributed by atoms with van der Waals surface area (Å²) in [6.07, 6.45) is 2.31. The molecule has 2 aromatic heterocycles. The van der Waals surface area contributed by atoms with Crippen LogP contribution in [0.5, 0.6) is 5.75 Å². The Morgan fingerprint density at radius 1 is 1.10 bits per heavy atom. The Morgan fingerprint density at radius 2 is 1.87 bits per heavy atom. The van der Waals surface area contributed by atoms with Gasteiger partial charge in [-0.25, -0.2) is 4.98 Å². The summed E-state index contributed by atoms with van der Waals surface area (Å²) in [5.41, 5.74) is 4.24. The van der Waals surface area contributed by atoms with Gasteiger partial charge in [-0.2, -0.15) is 0 Å². The van der Waals surface area contributed by atoms with Crippen molar-refractivity contribution >= 4 is 16.9 Å². The summed E-state index contributed by atoms with van der Waals surface area (Å²) in [6, 6.07) is 17.3. The maximum absolute atomic E-state index is 12.4. The number of nitrogens with zero attached hydrogens (tertiary/aromatic N) is 2. The number of para-hydroxylation sites is 3. The van der Waals surface area contributed by atoms with Gasteiger partial charge in [0, 0.05) is 6.54 Å². The molecule has 31 heavy (non-hydrogen) atoms. The molecule has 0 saturated heterocycles. The molecule has 0 fully saturated rings. The summed E-state index contributed by atoms with van der Waals surface area (Å²) in [5, 5.41) is 2.98. The molecule has 2 heterocycles. The number of hydrogen-bond acceptors (Lipinski definition) is 4. The third kappa shape index (κ3) is 4.48. The number of aryl methyl sites for hydroxylation is 3. The molecule has 0 unspecified atom stereocenters. The lowest BCUT2D eigenvalue weighted by atomic mass is 10.1. The molecule has 1 amide bonds. The molecule has 4 aromatic rings. The summed E-state index contributed by atoms with van der Waals surface area (Å²) < 4.78 is 13.4. The highest BCUT2D eigenvalue weighted by atomic mass is 16.5. The summed E-state index contributed by atoms with van der Waals surface area (Å²) in [5.74, 6) is 1.80. The van der Waals surface area contributed by atoms with Crippen molar-refractivity contribution in [2.24, 2.45) is 0 Å². The minimum absolute atomic E-state index is 0.255. The monoisotopic (exact) mass is 417 g/mol. The van der Waals surface area contributed by atoms with Crippen LogP contribution in [0, 0.1) is 13.8 Å². The first-order valence-electron chi connectivity index (χ1n) is 10.5. The molecule has 4 rings (SSSR count). The minimum Gasteiger partial charge on any atom is -0.493 e. The van der Waals surface area contributed by atoms with Crippen molar-refractivity contribution in [1.82, 2.24) is 14.9 Å². The van der Waals surface area contributed by atoms with Gasteiger partial charge in [0.1, 0.15) is 11.6 Å². The summed E-state index contributed by atoms with van der Waals surface area (Å²) >= 11 is 0. The lowest BCUT2D eigenvalue weighted by molar-refractivity contribution is 0.0909. The zero-order chi connectivity index (χ0) is 21.8. The Morgan fingerprint density at radius 3 is 2.61 bits per heavy atom. The fraction of sp³-hybridized carbons (Fsp3) is 0.280. The van der Waals surface area contributed by atoms with Crippen molar-refractivity contribution in [2.45, 2.75) is 39.8 Å². The van der Waals surface area contributed by atoms with Gasteiger partial charge < -0.3 is 19.0 Å². The molecule has 6 heteroatoms. The molecule has 0 bridgehead atoms. The van der Waals surface area contributed by atoms with Crippen LogP contribution in [-0.2, 0) is 6.54 Å². The maximum Gasteiger partial charge on any atom is 0.287 e. The molecule has 0 saturated carbocycles. The Labute approximate surface area is 181 Å². The first-order valence-corrected chi connectivity index (χ1v) is 10.5. The van der Waals surface area contributed by atoms with Gasteiger partial charge in [0.15, 0.2) is 5.76 Å². The van der Waals surface area contributed by atoms with Crippen molar-refractivity contribution in [1.29, 1.82) is 0 Å². The van der Waals surface area contributed by atoms with Gasteiger partial charge in [-0.1, -0.05) is 30.3 Å². The lowest BCUT2D eigenvalue weighted by Crippen LogP contribution is -2.28. The number of amides is 1. The van der Waals surface area contributed by atoms with Crippen LogP contribution in [0.25, 0.3) is 11.0 Å². The molecule has 0 aliphatic heterocycles. The van der Waals surface area contributed by atoms with Crippen molar-refractivity contribution in [3.8, 4) is 5.75 Å². The quantitative estimate of drug-likeness (QED) is 0.400. The minimum atomic E-state index is -0.274. The number of rotatable bonds is 8. The summed E-state index contributed by atoms with van der Waals surface area (Å²) in [4.78, 5) is 17.2. The molecular formula is C25H27N3O3. The van der Waals surface area contributed by atoms with E-state index in [0.29, 0.717) is 6.61 Å². The predicted molar refractivity (Wildman–Crippen MR) is 120 cm³/mol. The topological polar surface area (TPSA) is 69.3 Å². The summed E-state index contributed by atoms with van der Waals surface area (Å²) in [7, 11) is 0. The van der Waals surface area contributed by atoms with Crippen molar-refractivity contribution < 1.29 is 13.9 Å². The van der Waals surface area contributed by atoms with Gasteiger partial charge in [-0.15, -0.1) is 0 Å². The average molecular weight is 418 g/mol. The van der Waals surface area contributed by atoms with Crippen LogP contribution >= 0.6 is 0 Å². The lowest BCUT2D eigenvalue weighted by Gasteiger charge is -2.16. The summed E-state index contributed by atoms with van der Waals surface area (Å²) in [6.45, 7) is 7.40. The largest absolute Gasteiger partial charge is 0.493 e. The Kier molecular flexibility index (Phi) is 6.07. The third-order valence-electron chi connectivity index (χ3n) is 5.35. The van der Waals surface area contributed by atoms with Gasteiger partial charge in [0.2, 0.25) is 0 Å². The van der Waals surface area contributed by atoms with Gasteiger partial charge in [0.05, 0.1) is 29.9 Å². The molecule has 0 aliphatic rings. The van der Waals surface area contributed by atoms with Crippen LogP contribution in [0.2, 0.25) is 0 Å². The number of ether oxygens (including phenoxy) is 1. The maximum atomic E-state index is 12.4. The zero-order valence-electron chi connectivity index (χ0n) is 18.1. The fourth-order valence-corrected chi connectivity index (χ4v) is 3.82. The number of carbonyl (C=O) groups excluding carboxylic acids is 1. The van der Waals surface area contributed by atoms with Gasteiger partial charge >= 0.3 is 0 Å². The smallest absolute Gasteiger partial charge is 0.287 e. The first-order chi connectivity index (χ1) is 15.0. The molecule has 2 aromatic carbocycles. The molecule has 0 spiro atoms. The number of nitrogens with one attached hydrogen (secondary N) is 1. The van der Waals surface area contributed by atoms with E-state index in [1.165, 1.54) is 6.26 Å². The number of fused-ring (bicyclic) bond motifs is 1. The van der Waals surface area contributed by atoms with Gasteiger partial charge in [-0.3, -0.25) is 4.79 Å². The molecule has 6 nitrogen and oxygen atoms in total. The number of carbonyl (C=O) groups is 1. The highest BCUT2D eigenvalue weighted by Gasteiger charge is 2.20. The standard InChI is InChI=1S/C25H27N3O3/c1-17-9-6-10-18(2)23(17)31-16-8-14-28-21-12-5-4-11-20(21)27-24(28)19(3)26-25(29)22-13-7-15-30-22/h4-7,9-13,15,19H,8,14,16H2,1-3H3,(H,26,29)/t19-/m1/s1. The van der Waals surface area contributed by atoms with Crippen LogP contribution in [-0.4, -0.2) is 22.1 Å². The normalized spacial score (nSPS) is 12.1. The Hall–Kier alpha value is -3.54. The van der Waals surface area contributed by atoms with Crippen LogP contribution in [0.4, 0.5) is 0 Å². The molecule has 1 N–H and O–H groups in total. The third-order valence-corrected chi connectivity index (χ3v) is 5.35. The van der Waals surface area contributed by atoms with E-state index in [4.69, 9.17) is 14.1 Å². The van der Waals surface area contributed by atoms with Gasteiger partial charge in [0.25, 0.3) is 5.91 Å². The van der Waals surface area contributed by atoms with Crippen LogP contribution < -0.4 is 10.1 Å². The molecule has 160 valence electrons. The van der Waals surface area contributed by atoms with Gasteiger partial charge in [-0.05, 0) is 62.6 Å². The van der Waals surface area contributed by atoms with E-state index in [1.807, 2.05) is 31.2 Å². The van der Waals surface area contributed by atoms with Crippen LogP contribution in [0.1, 0.15) is 46.9 Å². The van der Waals surface area contributed by atoms with E-state index >= 15 is 0 Å². The molecule has 0 aliphatic carbocycles. The van der Waals surface area contributed by atoms with E-state index in [2.05, 4.69) is 41.9 Å². The number of imidazole rings is 1. The Bertz CT molecular complexity index is 1160. The highest BCUT2D eigenvalue weighted by molar-refractivity contribution is 5.91. The van der Waals surface area contributed by atoms with Crippen LogP contribution in [0.15, 0.2) is 65.3 Å². The molecule has 0 radical (unpaired) electrons. The highest BCUT2D eigenvalue weighted by Crippen LogP contribution is 2.24. The van der Waals surface area contributed by atoms with Crippen molar-refractivity contribution in [3.63, 3.8) is 0 Å². The second-order valence-electron chi connectivity index (χ2n) is 7.71. The van der Waals surface area contributed by atoms with Crippen LogP contribution in [0.3, 0.4) is 0 Å². The number of benzene rings is 2. The predicted octanol–water partition coefficient (Wildman–Crippen LogP) is 5.21. The second-order valence-corrected chi connectivity index (χ2v) is 7.71. The van der Waals surface area contributed by atoms with E-state index in [-0.39, 0.29) is 17.7 Å². The first kappa shape index (κ1) is 20.7. The number of furan rings is 1. The Balaban J connectivity index is 1.49. The number of aromatic nitrogens is 2. The fourth-order valence-electron chi connectivity index (χ4n) is 3.82. The van der Waals surface area contributed by atoms with Crippen molar-refractivity contribution in [2.75, 3.05) is 6.61 Å². The zero-order valence-corrected chi connectivity index (χ0v) is 18.1. The van der Waals surface area contributed by atoms with E-state index in [0.717, 1.165) is 46.7 Å². The average Bonchev–Trinajstić information content (AvgIpc) is 3.41. The van der Waals surface area contributed by atoms with E-state index in [9.17, 15) is 4.79 Å². The van der Waals surface area contributed by atoms with Crippen molar-refractivity contribution in [3.05, 3.63) is 83.6 Å². The van der Waals surface area contributed by atoms with E-state index < -0.39 is 0 Å². The molecule has 1 atom stereocenters. The molecular weight excluding hydrogens is 390 g/mol. The second kappa shape index (κ2) is 9.08. The van der Waals surface area contributed by atoms with E-state index in [1.54, 1.807) is 12.1 Å². The number of hydrogen-bond donors (Lipinski definition) is 1. The SMILES string of the molecule is Cc1cccc(C)c1OCCCn1c([C@@H](C)NC(=O)c2ccco2)nc2ccccc21.